The first-order valence-corrected chi connectivity index (χ1v) is 12.7. The van der Waals surface area contributed by atoms with Gasteiger partial charge in [-0.05, 0) is 61.5 Å². The number of rotatable bonds is 12. The molecule has 1 amide bonds. The normalized spacial score (nSPS) is 11.1. The number of amides is 1. The SMILES string of the molecule is CCCCCCOc1ccccc1C(=O)NC(=S)Nc1ccc(S(=O)(=O)NCCC)cc1. The highest BCUT2D eigenvalue weighted by Gasteiger charge is 2.15. The third-order valence-corrected chi connectivity index (χ3v) is 6.26. The van der Waals surface area contributed by atoms with Crippen LogP contribution in [0.15, 0.2) is 53.4 Å². The van der Waals surface area contributed by atoms with Gasteiger partial charge in [0.05, 0.1) is 17.1 Å². The van der Waals surface area contributed by atoms with Crippen LogP contribution in [0.1, 0.15) is 56.3 Å². The smallest absolute Gasteiger partial charge is 0.261 e. The lowest BCUT2D eigenvalue weighted by molar-refractivity contribution is 0.0973. The molecule has 0 bridgehead atoms. The molecule has 0 unspecified atom stereocenters. The molecule has 174 valence electrons. The zero-order valence-corrected chi connectivity index (χ0v) is 20.2. The van der Waals surface area contributed by atoms with Crippen molar-refractivity contribution in [2.45, 2.75) is 50.8 Å². The first-order valence-electron chi connectivity index (χ1n) is 10.8. The van der Waals surface area contributed by atoms with Gasteiger partial charge in [-0.15, -0.1) is 0 Å². The van der Waals surface area contributed by atoms with Gasteiger partial charge in [0, 0.05) is 12.2 Å². The molecule has 0 aliphatic rings. The van der Waals surface area contributed by atoms with Crippen molar-refractivity contribution in [1.82, 2.24) is 10.0 Å². The molecule has 9 heteroatoms. The zero-order valence-electron chi connectivity index (χ0n) is 18.5. The maximum absolute atomic E-state index is 12.7. The molecule has 0 aliphatic carbocycles. The highest BCUT2D eigenvalue weighted by Crippen LogP contribution is 2.19. The second kappa shape index (κ2) is 13.1. The Morgan fingerprint density at radius 3 is 2.38 bits per heavy atom. The summed E-state index contributed by atoms with van der Waals surface area (Å²) < 4.78 is 32.6. The van der Waals surface area contributed by atoms with Gasteiger partial charge in [0.15, 0.2) is 5.11 Å². The Morgan fingerprint density at radius 2 is 1.69 bits per heavy atom. The number of para-hydroxylation sites is 1. The van der Waals surface area contributed by atoms with E-state index >= 15 is 0 Å². The summed E-state index contributed by atoms with van der Waals surface area (Å²) in [5, 5.41) is 5.64. The van der Waals surface area contributed by atoms with Gasteiger partial charge in [-0.1, -0.05) is 45.2 Å². The molecule has 7 nitrogen and oxygen atoms in total. The summed E-state index contributed by atoms with van der Waals surface area (Å²) in [5.74, 6) is 0.132. The van der Waals surface area contributed by atoms with E-state index in [2.05, 4.69) is 22.3 Å². The van der Waals surface area contributed by atoms with Gasteiger partial charge in [0.1, 0.15) is 5.75 Å². The van der Waals surface area contributed by atoms with Gasteiger partial charge in [0.2, 0.25) is 10.0 Å². The van der Waals surface area contributed by atoms with E-state index in [-0.39, 0.29) is 15.9 Å². The summed E-state index contributed by atoms with van der Waals surface area (Å²) in [5.41, 5.74) is 0.959. The molecule has 0 spiro atoms. The molecule has 0 heterocycles. The van der Waals surface area contributed by atoms with Crippen LogP contribution in [0.4, 0.5) is 5.69 Å². The molecule has 2 aromatic carbocycles. The summed E-state index contributed by atoms with van der Waals surface area (Å²) in [4.78, 5) is 12.8. The third kappa shape index (κ3) is 8.22. The number of nitrogens with one attached hydrogen (secondary N) is 3. The van der Waals surface area contributed by atoms with Crippen LogP contribution in [-0.4, -0.2) is 32.6 Å². The van der Waals surface area contributed by atoms with Crippen LogP contribution in [0.25, 0.3) is 0 Å². The molecule has 3 N–H and O–H groups in total. The Balaban J connectivity index is 1.94. The molecule has 0 fully saturated rings. The standard InChI is InChI=1S/C23H31N3O4S2/c1-3-5-6-9-17-30-21-11-8-7-10-20(21)22(27)26-23(31)25-18-12-14-19(15-13-18)32(28,29)24-16-4-2/h7-8,10-15,24H,3-6,9,16-17H2,1-2H3,(H2,25,26,27,31). The summed E-state index contributed by atoms with van der Waals surface area (Å²) >= 11 is 5.24. The van der Waals surface area contributed by atoms with E-state index in [9.17, 15) is 13.2 Å². The van der Waals surface area contributed by atoms with Crippen molar-refractivity contribution < 1.29 is 17.9 Å². The molecular weight excluding hydrogens is 446 g/mol. The fraction of sp³-hybridized carbons (Fsp3) is 0.391. The number of thiocarbonyl (C=S) groups is 1. The number of sulfonamides is 1. The van der Waals surface area contributed by atoms with Crippen LogP contribution in [0.5, 0.6) is 5.75 Å². The molecule has 0 saturated carbocycles. The Labute approximate surface area is 196 Å². The Morgan fingerprint density at radius 1 is 0.969 bits per heavy atom. The minimum Gasteiger partial charge on any atom is -0.493 e. The van der Waals surface area contributed by atoms with Gasteiger partial charge < -0.3 is 10.1 Å². The minimum absolute atomic E-state index is 0.104. The third-order valence-electron chi connectivity index (χ3n) is 4.58. The summed E-state index contributed by atoms with van der Waals surface area (Å²) in [6.45, 7) is 4.97. The number of unbranched alkanes of at least 4 members (excludes halogenated alkanes) is 3. The van der Waals surface area contributed by atoms with Crippen LogP contribution in [0.3, 0.4) is 0 Å². The summed E-state index contributed by atoms with van der Waals surface area (Å²) in [7, 11) is -3.53. The number of benzene rings is 2. The molecule has 0 aromatic heterocycles. The number of ether oxygens (including phenoxy) is 1. The highest BCUT2D eigenvalue weighted by molar-refractivity contribution is 7.89. The van der Waals surface area contributed by atoms with E-state index in [0.717, 1.165) is 25.7 Å². The van der Waals surface area contributed by atoms with Crippen molar-refractivity contribution >= 4 is 38.9 Å². The van der Waals surface area contributed by atoms with Crippen LogP contribution >= 0.6 is 12.2 Å². The van der Waals surface area contributed by atoms with E-state index in [1.807, 2.05) is 13.0 Å². The van der Waals surface area contributed by atoms with E-state index in [4.69, 9.17) is 17.0 Å². The Hall–Kier alpha value is -2.49. The predicted molar refractivity (Wildman–Crippen MR) is 132 cm³/mol. The molecular formula is C23H31N3O4S2. The highest BCUT2D eigenvalue weighted by atomic mass is 32.2. The molecule has 0 saturated heterocycles. The van der Waals surface area contributed by atoms with Crippen molar-refractivity contribution in [3.8, 4) is 5.75 Å². The van der Waals surface area contributed by atoms with Crippen LogP contribution in [0.2, 0.25) is 0 Å². The predicted octanol–water partition coefficient (Wildman–Crippen LogP) is 4.46. The lowest BCUT2D eigenvalue weighted by atomic mass is 10.2. The number of carbonyl (C=O) groups is 1. The van der Waals surface area contributed by atoms with Crippen molar-refractivity contribution in [3.63, 3.8) is 0 Å². The molecule has 0 radical (unpaired) electrons. The maximum atomic E-state index is 12.7. The summed E-state index contributed by atoms with van der Waals surface area (Å²) in [6, 6.07) is 13.2. The maximum Gasteiger partial charge on any atom is 0.261 e. The van der Waals surface area contributed by atoms with Crippen molar-refractivity contribution in [1.29, 1.82) is 0 Å². The monoisotopic (exact) mass is 477 g/mol. The largest absolute Gasteiger partial charge is 0.493 e. The minimum atomic E-state index is -3.53. The van der Waals surface area contributed by atoms with Crippen LogP contribution in [0, 0.1) is 0 Å². The van der Waals surface area contributed by atoms with E-state index in [1.54, 1.807) is 30.3 Å². The number of hydrogen-bond donors (Lipinski definition) is 3. The lowest BCUT2D eigenvalue weighted by Gasteiger charge is -2.13. The zero-order chi connectivity index (χ0) is 23.4. The number of carbonyl (C=O) groups excluding carboxylic acids is 1. The summed E-state index contributed by atoms with van der Waals surface area (Å²) in [6.07, 6.45) is 5.04. The average Bonchev–Trinajstić information content (AvgIpc) is 2.78. The number of anilines is 1. The van der Waals surface area contributed by atoms with E-state index in [0.29, 0.717) is 36.6 Å². The van der Waals surface area contributed by atoms with Gasteiger partial charge in [0.25, 0.3) is 5.91 Å². The van der Waals surface area contributed by atoms with Crippen LogP contribution < -0.4 is 20.1 Å². The van der Waals surface area contributed by atoms with Crippen molar-refractivity contribution in [3.05, 3.63) is 54.1 Å². The topological polar surface area (TPSA) is 96.5 Å². The van der Waals surface area contributed by atoms with Gasteiger partial charge >= 0.3 is 0 Å². The number of hydrogen-bond acceptors (Lipinski definition) is 5. The second-order valence-electron chi connectivity index (χ2n) is 7.24. The quantitative estimate of drug-likeness (QED) is 0.308. The van der Waals surface area contributed by atoms with E-state index in [1.165, 1.54) is 12.1 Å². The first kappa shape index (κ1) is 25.8. The lowest BCUT2D eigenvalue weighted by Crippen LogP contribution is -2.34. The molecule has 0 atom stereocenters. The first-order chi connectivity index (χ1) is 15.4. The van der Waals surface area contributed by atoms with Gasteiger partial charge in [-0.3, -0.25) is 10.1 Å². The van der Waals surface area contributed by atoms with Crippen molar-refractivity contribution in [2.24, 2.45) is 0 Å². The second-order valence-corrected chi connectivity index (χ2v) is 9.41. The molecule has 32 heavy (non-hydrogen) atoms. The Kier molecular flexibility index (Phi) is 10.6. The molecule has 0 aliphatic heterocycles. The fourth-order valence-corrected chi connectivity index (χ4v) is 4.21. The molecule has 2 rings (SSSR count). The van der Waals surface area contributed by atoms with E-state index < -0.39 is 10.0 Å². The van der Waals surface area contributed by atoms with Gasteiger partial charge in [-0.25, -0.2) is 13.1 Å². The van der Waals surface area contributed by atoms with Crippen LogP contribution in [-0.2, 0) is 10.0 Å². The average molecular weight is 478 g/mol. The van der Waals surface area contributed by atoms with Crippen molar-refractivity contribution in [2.75, 3.05) is 18.5 Å². The fourth-order valence-electron chi connectivity index (χ4n) is 2.86. The van der Waals surface area contributed by atoms with Gasteiger partial charge in [-0.2, -0.15) is 0 Å². The Bertz CT molecular complexity index is 993. The molecule has 2 aromatic rings.